The number of alkyl halides is 3. The van der Waals surface area contributed by atoms with Crippen LogP contribution in [0, 0.1) is 0 Å². The first-order valence-corrected chi connectivity index (χ1v) is 7.39. The molecule has 120 valence electrons. The second-order valence-electron chi connectivity index (χ2n) is 5.16. The van der Waals surface area contributed by atoms with Crippen molar-refractivity contribution >= 4 is 15.9 Å². The van der Waals surface area contributed by atoms with E-state index in [1.807, 2.05) is 6.92 Å². The van der Waals surface area contributed by atoms with Gasteiger partial charge in [-0.1, -0.05) is 19.4 Å². The molecular weight excluding hydrogens is 351 g/mol. The maximum Gasteiger partial charge on any atom is 0.573 e. The van der Waals surface area contributed by atoms with Gasteiger partial charge < -0.3 is 15.2 Å². The van der Waals surface area contributed by atoms with Gasteiger partial charge in [-0.3, -0.25) is 0 Å². The van der Waals surface area contributed by atoms with Gasteiger partial charge in [-0.05, 0) is 47.0 Å². The number of ether oxygens (including phenoxy) is 1. The number of rotatable bonds is 7. The lowest BCUT2D eigenvalue weighted by atomic mass is 10.0. The largest absolute Gasteiger partial charge is 0.573 e. The molecule has 1 atom stereocenters. The van der Waals surface area contributed by atoms with E-state index in [1.165, 1.54) is 6.07 Å². The zero-order valence-electron chi connectivity index (χ0n) is 11.9. The predicted molar refractivity (Wildman–Crippen MR) is 78.1 cm³/mol. The molecule has 0 amide bonds. The van der Waals surface area contributed by atoms with E-state index in [1.54, 1.807) is 19.1 Å². The Kier molecular flexibility index (Phi) is 6.49. The summed E-state index contributed by atoms with van der Waals surface area (Å²) in [6, 6.07) is 4.37. The molecule has 21 heavy (non-hydrogen) atoms. The van der Waals surface area contributed by atoms with Crippen molar-refractivity contribution in [3.05, 3.63) is 28.2 Å². The van der Waals surface area contributed by atoms with Crippen molar-refractivity contribution in [2.45, 2.75) is 45.2 Å². The van der Waals surface area contributed by atoms with Crippen LogP contribution in [0.3, 0.4) is 0 Å². The van der Waals surface area contributed by atoms with Crippen molar-refractivity contribution in [3.63, 3.8) is 0 Å². The summed E-state index contributed by atoms with van der Waals surface area (Å²) in [5.74, 6) is -0.274. The molecule has 1 rings (SSSR count). The third kappa shape index (κ3) is 7.15. The highest BCUT2D eigenvalue weighted by atomic mass is 79.9. The van der Waals surface area contributed by atoms with Gasteiger partial charge in [-0.15, -0.1) is 13.2 Å². The number of benzene rings is 1. The molecule has 0 heterocycles. The van der Waals surface area contributed by atoms with Gasteiger partial charge in [0.2, 0.25) is 0 Å². The van der Waals surface area contributed by atoms with Gasteiger partial charge in [0.1, 0.15) is 5.75 Å². The van der Waals surface area contributed by atoms with E-state index in [2.05, 4.69) is 26.0 Å². The molecule has 0 aromatic heterocycles. The van der Waals surface area contributed by atoms with Crippen LogP contribution in [-0.4, -0.2) is 23.6 Å². The molecule has 0 fully saturated rings. The molecule has 0 bridgehead atoms. The Hall–Kier alpha value is -0.790. The summed E-state index contributed by atoms with van der Waals surface area (Å²) in [4.78, 5) is 0. The summed E-state index contributed by atoms with van der Waals surface area (Å²) >= 11 is 3.05. The molecule has 0 aliphatic rings. The van der Waals surface area contributed by atoms with Crippen molar-refractivity contribution in [1.29, 1.82) is 0 Å². The SMILES string of the molecule is CCCC(C)(O)CNCc1ccc(OC(F)(F)F)c(Br)c1. The fraction of sp³-hybridized carbons (Fsp3) is 0.571. The number of nitrogens with one attached hydrogen (secondary N) is 1. The van der Waals surface area contributed by atoms with Crippen LogP contribution >= 0.6 is 15.9 Å². The monoisotopic (exact) mass is 369 g/mol. The Bertz CT molecular complexity index is 464. The average Bonchev–Trinajstić information content (AvgIpc) is 2.30. The highest BCUT2D eigenvalue weighted by molar-refractivity contribution is 9.10. The van der Waals surface area contributed by atoms with Gasteiger partial charge in [0.15, 0.2) is 0 Å². The molecule has 2 N–H and O–H groups in total. The molecule has 7 heteroatoms. The highest BCUT2D eigenvalue weighted by Gasteiger charge is 2.31. The number of halogens is 4. The van der Waals surface area contributed by atoms with Gasteiger partial charge in [0.25, 0.3) is 0 Å². The van der Waals surface area contributed by atoms with Gasteiger partial charge in [-0.25, -0.2) is 0 Å². The molecule has 0 radical (unpaired) electrons. The summed E-state index contributed by atoms with van der Waals surface area (Å²) in [5, 5.41) is 13.1. The van der Waals surface area contributed by atoms with Gasteiger partial charge in [0.05, 0.1) is 10.1 Å². The normalized spacial score (nSPS) is 14.8. The highest BCUT2D eigenvalue weighted by Crippen LogP contribution is 2.31. The Balaban J connectivity index is 2.56. The molecule has 0 saturated carbocycles. The first kappa shape index (κ1) is 18.3. The maximum atomic E-state index is 12.1. The Morgan fingerprint density at radius 2 is 2.00 bits per heavy atom. The lowest BCUT2D eigenvalue weighted by Crippen LogP contribution is -2.37. The molecule has 3 nitrogen and oxygen atoms in total. The van der Waals surface area contributed by atoms with E-state index >= 15 is 0 Å². The smallest absolute Gasteiger partial charge is 0.405 e. The van der Waals surface area contributed by atoms with E-state index in [4.69, 9.17) is 0 Å². The summed E-state index contributed by atoms with van der Waals surface area (Å²) in [6.45, 7) is 4.61. The van der Waals surface area contributed by atoms with E-state index < -0.39 is 12.0 Å². The van der Waals surface area contributed by atoms with Crippen molar-refractivity contribution in [3.8, 4) is 5.75 Å². The van der Waals surface area contributed by atoms with Crippen LogP contribution in [0.25, 0.3) is 0 Å². The lowest BCUT2D eigenvalue weighted by molar-refractivity contribution is -0.274. The van der Waals surface area contributed by atoms with E-state index in [0.717, 1.165) is 12.0 Å². The lowest BCUT2D eigenvalue weighted by Gasteiger charge is -2.23. The van der Waals surface area contributed by atoms with Gasteiger partial charge >= 0.3 is 6.36 Å². The molecule has 0 aliphatic carbocycles. The minimum absolute atomic E-state index is 0.236. The summed E-state index contributed by atoms with van der Waals surface area (Å²) in [5.41, 5.74) is 0.00870. The molecule has 0 saturated heterocycles. The third-order valence-corrected chi connectivity index (χ3v) is 3.47. The molecule has 0 spiro atoms. The quantitative estimate of drug-likeness (QED) is 0.763. The van der Waals surface area contributed by atoms with E-state index in [0.29, 0.717) is 19.5 Å². The summed E-state index contributed by atoms with van der Waals surface area (Å²) < 4.78 is 40.5. The fourth-order valence-corrected chi connectivity index (χ4v) is 2.47. The number of aliphatic hydroxyl groups is 1. The molecule has 1 unspecified atom stereocenters. The zero-order valence-corrected chi connectivity index (χ0v) is 13.5. The number of hydrogen-bond donors (Lipinski definition) is 2. The maximum absolute atomic E-state index is 12.1. The van der Waals surface area contributed by atoms with Crippen molar-refractivity contribution in [2.24, 2.45) is 0 Å². The van der Waals surface area contributed by atoms with Crippen molar-refractivity contribution in [1.82, 2.24) is 5.32 Å². The Morgan fingerprint density at radius 1 is 1.33 bits per heavy atom. The second-order valence-corrected chi connectivity index (χ2v) is 6.02. The first-order valence-electron chi connectivity index (χ1n) is 6.60. The number of hydrogen-bond acceptors (Lipinski definition) is 3. The van der Waals surface area contributed by atoms with Crippen LogP contribution in [0.15, 0.2) is 22.7 Å². The molecule has 1 aromatic carbocycles. The van der Waals surface area contributed by atoms with Gasteiger partial charge in [-0.2, -0.15) is 0 Å². The minimum atomic E-state index is -4.71. The van der Waals surface area contributed by atoms with Crippen LogP contribution in [0.1, 0.15) is 32.3 Å². The Labute approximate surface area is 130 Å². The topological polar surface area (TPSA) is 41.5 Å². The summed E-state index contributed by atoms with van der Waals surface area (Å²) in [7, 11) is 0. The second kappa shape index (κ2) is 7.47. The van der Waals surface area contributed by atoms with Crippen molar-refractivity contribution in [2.75, 3.05) is 6.54 Å². The van der Waals surface area contributed by atoms with Gasteiger partial charge in [0, 0.05) is 13.1 Å². The van der Waals surface area contributed by atoms with Crippen LogP contribution in [0.5, 0.6) is 5.75 Å². The third-order valence-electron chi connectivity index (χ3n) is 2.85. The van der Waals surface area contributed by atoms with Crippen LogP contribution in [-0.2, 0) is 6.54 Å². The first-order chi connectivity index (χ1) is 9.63. The molecular formula is C14H19BrF3NO2. The predicted octanol–water partition coefficient (Wildman–Crippen LogP) is 3.99. The van der Waals surface area contributed by atoms with Crippen LogP contribution in [0.4, 0.5) is 13.2 Å². The molecule has 0 aliphatic heterocycles. The van der Waals surface area contributed by atoms with E-state index in [-0.39, 0.29) is 10.2 Å². The minimum Gasteiger partial charge on any atom is -0.405 e. The fourth-order valence-electron chi connectivity index (χ4n) is 1.96. The zero-order chi connectivity index (χ0) is 16.1. The average molecular weight is 370 g/mol. The standard InChI is InChI=1S/C14H19BrF3NO2/c1-3-6-13(2,20)9-19-8-10-4-5-12(11(15)7-10)21-14(16,17)18/h4-5,7,19-20H,3,6,8-9H2,1-2H3. The Morgan fingerprint density at radius 3 is 2.52 bits per heavy atom. The summed E-state index contributed by atoms with van der Waals surface area (Å²) in [6.07, 6.45) is -3.15. The van der Waals surface area contributed by atoms with Crippen molar-refractivity contribution < 1.29 is 23.0 Å². The van der Waals surface area contributed by atoms with Crippen LogP contribution in [0.2, 0.25) is 0 Å². The van der Waals surface area contributed by atoms with Crippen LogP contribution < -0.4 is 10.1 Å². The molecule has 1 aromatic rings. The van der Waals surface area contributed by atoms with E-state index in [9.17, 15) is 18.3 Å².